The van der Waals surface area contributed by atoms with Crippen molar-refractivity contribution in [2.75, 3.05) is 0 Å². The third kappa shape index (κ3) is 4.03. The molecular formula is C16H15FN2O6S. The number of rotatable bonds is 7. The molecule has 0 bridgehead atoms. The highest BCUT2D eigenvalue weighted by Crippen LogP contribution is 2.25. The largest absolute Gasteiger partial charge is 0.480 e. The van der Waals surface area contributed by atoms with E-state index in [1.165, 1.54) is 24.3 Å². The summed E-state index contributed by atoms with van der Waals surface area (Å²) in [5.74, 6) is -2.07. The van der Waals surface area contributed by atoms with Gasteiger partial charge in [-0.15, -0.1) is 0 Å². The van der Waals surface area contributed by atoms with Crippen LogP contribution in [0.3, 0.4) is 0 Å². The molecule has 0 aliphatic rings. The third-order valence-corrected chi connectivity index (χ3v) is 5.65. The van der Waals surface area contributed by atoms with Gasteiger partial charge in [0.25, 0.3) is 5.69 Å². The molecule has 0 spiro atoms. The molecule has 26 heavy (non-hydrogen) atoms. The molecule has 2 aromatic carbocycles. The second kappa shape index (κ2) is 7.58. The Morgan fingerprint density at radius 3 is 2.35 bits per heavy atom. The topological polar surface area (TPSA) is 118 Å². The van der Waals surface area contributed by atoms with E-state index in [0.717, 1.165) is 31.2 Å². The Kier molecular flexibility index (Phi) is 5.68. The minimum absolute atomic E-state index is 0.0382. The van der Waals surface area contributed by atoms with Gasteiger partial charge in [-0.3, -0.25) is 14.9 Å². The Morgan fingerprint density at radius 1 is 1.23 bits per heavy atom. The Bertz CT molecular complexity index is 930. The maximum absolute atomic E-state index is 13.1. The Hall–Kier alpha value is -2.85. The fourth-order valence-corrected chi connectivity index (χ4v) is 3.85. The molecule has 0 radical (unpaired) electrons. The van der Waals surface area contributed by atoms with Crippen LogP contribution in [-0.2, 0) is 21.4 Å². The van der Waals surface area contributed by atoms with Gasteiger partial charge in [0.05, 0.1) is 9.82 Å². The van der Waals surface area contributed by atoms with E-state index in [1.54, 1.807) is 0 Å². The molecule has 0 aliphatic heterocycles. The van der Waals surface area contributed by atoms with Crippen LogP contribution in [0.15, 0.2) is 53.4 Å². The van der Waals surface area contributed by atoms with E-state index < -0.39 is 39.3 Å². The molecule has 1 N–H and O–H groups in total. The third-order valence-electron chi connectivity index (χ3n) is 3.72. The van der Waals surface area contributed by atoms with Gasteiger partial charge in [0.1, 0.15) is 11.9 Å². The number of nitro groups is 1. The van der Waals surface area contributed by atoms with E-state index in [-0.39, 0.29) is 16.1 Å². The van der Waals surface area contributed by atoms with Crippen LogP contribution >= 0.6 is 0 Å². The van der Waals surface area contributed by atoms with Crippen molar-refractivity contribution < 1.29 is 27.6 Å². The van der Waals surface area contributed by atoms with Crippen LogP contribution in [0.5, 0.6) is 0 Å². The minimum Gasteiger partial charge on any atom is -0.480 e. The average Bonchev–Trinajstić information content (AvgIpc) is 2.59. The van der Waals surface area contributed by atoms with E-state index in [1.807, 2.05) is 0 Å². The molecule has 1 unspecified atom stereocenters. The first-order chi connectivity index (χ1) is 12.1. The first kappa shape index (κ1) is 19.5. The summed E-state index contributed by atoms with van der Waals surface area (Å²) in [6, 6.07) is 7.83. The number of carboxylic acids is 1. The van der Waals surface area contributed by atoms with Crippen LogP contribution < -0.4 is 0 Å². The Balaban J connectivity index is 2.53. The van der Waals surface area contributed by atoms with Crippen molar-refractivity contribution in [2.45, 2.75) is 24.4 Å². The molecule has 0 aromatic heterocycles. The van der Waals surface area contributed by atoms with E-state index in [0.29, 0.717) is 4.31 Å². The zero-order chi connectivity index (χ0) is 19.5. The fourth-order valence-electron chi connectivity index (χ4n) is 2.29. The summed E-state index contributed by atoms with van der Waals surface area (Å²) in [5, 5.41) is 20.4. The van der Waals surface area contributed by atoms with Gasteiger partial charge in [-0.05, 0) is 31.2 Å². The van der Waals surface area contributed by atoms with Crippen molar-refractivity contribution in [3.05, 3.63) is 70.0 Å². The molecule has 8 nitrogen and oxygen atoms in total. The van der Waals surface area contributed by atoms with Gasteiger partial charge >= 0.3 is 5.97 Å². The lowest BCUT2D eigenvalue weighted by Crippen LogP contribution is -2.42. The first-order valence-electron chi connectivity index (χ1n) is 7.37. The highest BCUT2D eigenvalue weighted by Gasteiger charge is 2.34. The molecule has 0 amide bonds. The van der Waals surface area contributed by atoms with E-state index in [4.69, 9.17) is 0 Å². The number of carbonyl (C=O) groups is 1. The molecule has 0 saturated heterocycles. The predicted molar refractivity (Wildman–Crippen MR) is 89.3 cm³/mol. The van der Waals surface area contributed by atoms with Crippen LogP contribution in [0, 0.1) is 15.9 Å². The van der Waals surface area contributed by atoms with Crippen LogP contribution in [0.2, 0.25) is 0 Å². The molecule has 2 rings (SSSR count). The number of sulfonamides is 1. The number of nitro benzene ring substituents is 1. The van der Waals surface area contributed by atoms with Crippen molar-refractivity contribution in [1.29, 1.82) is 0 Å². The number of hydrogen-bond acceptors (Lipinski definition) is 5. The van der Waals surface area contributed by atoms with Gasteiger partial charge in [-0.2, -0.15) is 4.31 Å². The number of benzene rings is 2. The Morgan fingerprint density at radius 2 is 1.81 bits per heavy atom. The summed E-state index contributed by atoms with van der Waals surface area (Å²) >= 11 is 0. The van der Waals surface area contributed by atoms with E-state index in [9.17, 15) is 32.8 Å². The van der Waals surface area contributed by atoms with Crippen LogP contribution in [0.25, 0.3) is 0 Å². The molecule has 0 saturated carbocycles. The van der Waals surface area contributed by atoms with Crippen molar-refractivity contribution in [3.8, 4) is 0 Å². The quantitative estimate of drug-likeness (QED) is 0.580. The number of aliphatic carboxylic acids is 1. The monoisotopic (exact) mass is 382 g/mol. The SMILES string of the molecule is CC(C(=O)O)N(Cc1ccccc1[N+](=O)[O-])S(=O)(=O)c1ccc(F)cc1. The number of carboxylic acid groups (broad SMARTS) is 1. The maximum atomic E-state index is 13.1. The molecule has 2 aromatic rings. The molecule has 10 heteroatoms. The van der Waals surface area contributed by atoms with Crippen LogP contribution in [0.4, 0.5) is 10.1 Å². The van der Waals surface area contributed by atoms with Crippen molar-refractivity contribution in [3.63, 3.8) is 0 Å². The number of para-hydroxylation sites is 1. The highest BCUT2D eigenvalue weighted by molar-refractivity contribution is 7.89. The minimum atomic E-state index is -4.34. The standard InChI is InChI=1S/C16H15FN2O6S/c1-11(16(20)21)18(10-12-4-2-3-5-15(12)19(22)23)26(24,25)14-8-6-13(17)7-9-14/h2-9,11H,10H2,1H3,(H,20,21). The van der Waals surface area contributed by atoms with Crippen molar-refractivity contribution in [2.24, 2.45) is 0 Å². The lowest BCUT2D eigenvalue weighted by atomic mass is 10.1. The second-order valence-electron chi connectivity index (χ2n) is 5.40. The molecule has 1 atom stereocenters. The lowest BCUT2D eigenvalue weighted by molar-refractivity contribution is -0.385. The zero-order valence-corrected chi connectivity index (χ0v) is 14.4. The average molecular weight is 382 g/mol. The van der Waals surface area contributed by atoms with E-state index in [2.05, 4.69) is 0 Å². The number of halogens is 1. The summed E-state index contributed by atoms with van der Waals surface area (Å²) in [7, 11) is -4.34. The van der Waals surface area contributed by atoms with Crippen molar-refractivity contribution in [1.82, 2.24) is 4.31 Å². The fraction of sp³-hybridized carbons (Fsp3) is 0.188. The molecule has 0 fully saturated rings. The van der Waals surface area contributed by atoms with Gasteiger partial charge in [-0.1, -0.05) is 18.2 Å². The Labute approximate surface area is 148 Å². The van der Waals surface area contributed by atoms with Gasteiger partial charge in [0.2, 0.25) is 10.0 Å². The number of nitrogens with zero attached hydrogens (tertiary/aromatic N) is 2. The smallest absolute Gasteiger partial charge is 0.321 e. The van der Waals surface area contributed by atoms with Crippen LogP contribution in [0.1, 0.15) is 12.5 Å². The van der Waals surface area contributed by atoms with E-state index >= 15 is 0 Å². The zero-order valence-electron chi connectivity index (χ0n) is 13.6. The summed E-state index contributed by atoms with van der Waals surface area (Å²) in [4.78, 5) is 21.5. The highest BCUT2D eigenvalue weighted by atomic mass is 32.2. The summed E-state index contributed by atoms with van der Waals surface area (Å²) in [6.45, 7) is 0.627. The second-order valence-corrected chi connectivity index (χ2v) is 7.29. The number of hydrogen-bond donors (Lipinski definition) is 1. The maximum Gasteiger partial charge on any atom is 0.321 e. The van der Waals surface area contributed by atoms with Crippen LogP contribution in [-0.4, -0.2) is 34.8 Å². The summed E-state index contributed by atoms with van der Waals surface area (Å²) in [6.07, 6.45) is 0. The van der Waals surface area contributed by atoms with Gasteiger partial charge in [0, 0.05) is 18.2 Å². The first-order valence-corrected chi connectivity index (χ1v) is 8.81. The van der Waals surface area contributed by atoms with Gasteiger partial charge in [-0.25, -0.2) is 12.8 Å². The van der Waals surface area contributed by atoms with Crippen molar-refractivity contribution >= 4 is 21.7 Å². The molecule has 138 valence electrons. The normalized spacial score (nSPS) is 12.7. The molecule has 0 heterocycles. The van der Waals surface area contributed by atoms with Gasteiger partial charge < -0.3 is 5.11 Å². The predicted octanol–water partition coefficient (Wildman–Crippen LogP) is 2.40. The van der Waals surface area contributed by atoms with Gasteiger partial charge in [0.15, 0.2) is 0 Å². The lowest BCUT2D eigenvalue weighted by Gasteiger charge is -2.25. The summed E-state index contributed by atoms with van der Waals surface area (Å²) < 4.78 is 39.4. The molecule has 0 aliphatic carbocycles. The summed E-state index contributed by atoms with van der Waals surface area (Å²) in [5.41, 5.74) is -0.291. The molecular weight excluding hydrogens is 367 g/mol.